The minimum absolute atomic E-state index is 0.145. The molecular formula is C14H23N3O2. The largest absolute Gasteiger partial charge is 0.496 e. The molecule has 1 aromatic carbocycles. The van der Waals surface area contributed by atoms with E-state index >= 15 is 0 Å². The second-order valence-corrected chi connectivity index (χ2v) is 4.51. The molecule has 0 radical (unpaired) electrons. The zero-order valence-electron chi connectivity index (χ0n) is 12.1. The zero-order chi connectivity index (χ0) is 14.3. The summed E-state index contributed by atoms with van der Waals surface area (Å²) in [5.41, 5.74) is 8.00. The zero-order valence-corrected chi connectivity index (χ0v) is 12.1. The van der Waals surface area contributed by atoms with Crippen LogP contribution in [0.5, 0.6) is 5.75 Å². The van der Waals surface area contributed by atoms with Crippen molar-refractivity contribution in [2.75, 3.05) is 20.8 Å². The van der Waals surface area contributed by atoms with Crippen molar-refractivity contribution in [3.8, 4) is 5.75 Å². The van der Waals surface area contributed by atoms with E-state index in [2.05, 4.69) is 10.3 Å². The van der Waals surface area contributed by atoms with Gasteiger partial charge in [0.25, 0.3) is 0 Å². The number of nitrogens with one attached hydrogen (secondary N) is 1. The maximum atomic E-state index is 5.81. The first-order valence-electron chi connectivity index (χ1n) is 6.25. The molecule has 1 aromatic rings. The van der Waals surface area contributed by atoms with Crippen molar-refractivity contribution < 1.29 is 9.47 Å². The van der Waals surface area contributed by atoms with Crippen molar-refractivity contribution in [1.29, 1.82) is 0 Å². The van der Waals surface area contributed by atoms with Gasteiger partial charge >= 0.3 is 0 Å². The number of benzene rings is 1. The highest BCUT2D eigenvalue weighted by Crippen LogP contribution is 2.18. The van der Waals surface area contributed by atoms with Gasteiger partial charge < -0.3 is 20.5 Å². The molecule has 0 amide bonds. The Morgan fingerprint density at radius 1 is 1.42 bits per heavy atom. The predicted octanol–water partition coefficient (Wildman–Crippen LogP) is 1.44. The molecule has 1 rings (SSSR count). The smallest absolute Gasteiger partial charge is 0.189 e. The highest BCUT2D eigenvalue weighted by Gasteiger charge is 2.02. The maximum absolute atomic E-state index is 5.81. The Bertz CT molecular complexity index is 433. The summed E-state index contributed by atoms with van der Waals surface area (Å²) in [6, 6.07) is 6.12. The number of aliphatic imine (C=N–C) groups is 1. The number of nitrogens with two attached hydrogens (primary N) is 1. The van der Waals surface area contributed by atoms with Gasteiger partial charge in [-0.15, -0.1) is 0 Å². The summed E-state index contributed by atoms with van der Waals surface area (Å²) in [5, 5.41) is 3.07. The van der Waals surface area contributed by atoms with E-state index in [1.54, 1.807) is 14.2 Å². The van der Waals surface area contributed by atoms with Crippen molar-refractivity contribution in [3.05, 3.63) is 29.3 Å². The fourth-order valence-corrected chi connectivity index (χ4v) is 1.81. The highest BCUT2D eigenvalue weighted by molar-refractivity contribution is 5.78. The lowest BCUT2D eigenvalue weighted by atomic mass is 10.1. The van der Waals surface area contributed by atoms with Gasteiger partial charge in [-0.05, 0) is 31.0 Å². The van der Waals surface area contributed by atoms with Crippen LogP contribution in [-0.4, -0.2) is 32.8 Å². The molecule has 1 atom stereocenters. The monoisotopic (exact) mass is 265 g/mol. The first-order chi connectivity index (χ1) is 9.06. The van der Waals surface area contributed by atoms with Crippen molar-refractivity contribution >= 4 is 5.96 Å². The van der Waals surface area contributed by atoms with Crippen LogP contribution in [0.2, 0.25) is 0 Å². The van der Waals surface area contributed by atoms with Gasteiger partial charge in [-0.1, -0.05) is 12.1 Å². The molecule has 3 N–H and O–H groups in total. The normalized spacial score (nSPS) is 13.2. The van der Waals surface area contributed by atoms with Crippen LogP contribution in [0.4, 0.5) is 0 Å². The van der Waals surface area contributed by atoms with E-state index < -0.39 is 0 Å². The molecule has 0 aliphatic carbocycles. The minimum Gasteiger partial charge on any atom is -0.496 e. The van der Waals surface area contributed by atoms with Gasteiger partial charge in [0.2, 0.25) is 0 Å². The second kappa shape index (κ2) is 7.63. The predicted molar refractivity (Wildman–Crippen MR) is 77.5 cm³/mol. The molecule has 5 heteroatoms. The van der Waals surface area contributed by atoms with Gasteiger partial charge in [-0.25, -0.2) is 4.99 Å². The van der Waals surface area contributed by atoms with Crippen LogP contribution in [0.25, 0.3) is 0 Å². The topological polar surface area (TPSA) is 68.9 Å². The lowest BCUT2D eigenvalue weighted by Gasteiger charge is -2.13. The average Bonchev–Trinajstić information content (AvgIpc) is 2.36. The number of rotatable bonds is 6. The van der Waals surface area contributed by atoms with Gasteiger partial charge in [0, 0.05) is 13.2 Å². The molecular weight excluding hydrogens is 242 g/mol. The highest BCUT2D eigenvalue weighted by atomic mass is 16.5. The molecule has 0 aromatic heterocycles. The molecule has 0 aliphatic rings. The molecule has 0 bridgehead atoms. The molecule has 0 unspecified atom stereocenters. The summed E-state index contributed by atoms with van der Waals surface area (Å²) in [7, 11) is 3.32. The lowest BCUT2D eigenvalue weighted by molar-refractivity contribution is 0.179. The van der Waals surface area contributed by atoms with E-state index in [0.717, 1.165) is 16.9 Å². The third kappa shape index (κ3) is 5.18. The average molecular weight is 265 g/mol. The van der Waals surface area contributed by atoms with Crippen LogP contribution in [0.1, 0.15) is 18.1 Å². The van der Waals surface area contributed by atoms with E-state index in [1.807, 2.05) is 32.0 Å². The summed E-state index contributed by atoms with van der Waals surface area (Å²) in [6.45, 7) is 5.14. The molecule has 0 saturated carbocycles. The maximum Gasteiger partial charge on any atom is 0.189 e. The Balaban J connectivity index is 2.57. The number of hydrogen-bond acceptors (Lipinski definition) is 3. The summed E-state index contributed by atoms with van der Waals surface area (Å²) in [4.78, 5) is 4.30. The number of methoxy groups -OCH3 is 2. The van der Waals surface area contributed by atoms with Crippen LogP contribution < -0.4 is 15.8 Å². The van der Waals surface area contributed by atoms with E-state index in [1.165, 1.54) is 0 Å². The Kier molecular flexibility index (Phi) is 6.15. The SMILES string of the molecule is COC[C@H](C)NC(N)=NCc1ccc(OC)c(C)c1. The number of hydrogen-bond donors (Lipinski definition) is 2. The Morgan fingerprint density at radius 2 is 2.16 bits per heavy atom. The summed E-state index contributed by atoms with van der Waals surface area (Å²) in [5.74, 6) is 1.31. The fraction of sp³-hybridized carbons (Fsp3) is 0.500. The van der Waals surface area contributed by atoms with Gasteiger partial charge in [0.15, 0.2) is 5.96 Å². The van der Waals surface area contributed by atoms with Gasteiger partial charge in [-0.2, -0.15) is 0 Å². The standard InChI is InChI=1S/C14H23N3O2/c1-10-7-12(5-6-13(10)19-4)8-16-14(15)17-11(2)9-18-3/h5-7,11H,8-9H2,1-4H3,(H3,15,16,17)/t11-/m0/s1. The lowest BCUT2D eigenvalue weighted by Crippen LogP contribution is -2.40. The second-order valence-electron chi connectivity index (χ2n) is 4.51. The number of guanidine groups is 1. The molecule has 0 saturated heterocycles. The molecule has 5 nitrogen and oxygen atoms in total. The molecule has 0 fully saturated rings. The van der Waals surface area contributed by atoms with Crippen LogP contribution in [0.3, 0.4) is 0 Å². The molecule has 0 aliphatic heterocycles. The minimum atomic E-state index is 0.145. The first-order valence-corrected chi connectivity index (χ1v) is 6.25. The third-order valence-electron chi connectivity index (χ3n) is 2.70. The van der Waals surface area contributed by atoms with Crippen molar-refractivity contribution in [2.24, 2.45) is 10.7 Å². The van der Waals surface area contributed by atoms with E-state index in [9.17, 15) is 0 Å². The summed E-state index contributed by atoms with van der Waals surface area (Å²) >= 11 is 0. The van der Waals surface area contributed by atoms with Crippen molar-refractivity contribution in [2.45, 2.75) is 26.4 Å². The van der Waals surface area contributed by atoms with Gasteiger partial charge in [0.1, 0.15) is 5.75 Å². The number of nitrogens with zero attached hydrogens (tertiary/aromatic N) is 1. The first kappa shape index (κ1) is 15.3. The van der Waals surface area contributed by atoms with E-state index in [4.69, 9.17) is 15.2 Å². The number of ether oxygens (including phenoxy) is 2. The van der Waals surface area contributed by atoms with Crippen LogP contribution in [0, 0.1) is 6.92 Å². The molecule has 19 heavy (non-hydrogen) atoms. The Hall–Kier alpha value is -1.75. The van der Waals surface area contributed by atoms with Crippen LogP contribution in [-0.2, 0) is 11.3 Å². The van der Waals surface area contributed by atoms with Crippen molar-refractivity contribution in [1.82, 2.24) is 5.32 Å². The third-order valence-corrected chi connectivity index (χ3v) is 2.70. The fourth-order valence-electron chi connectivity index (χ4n) is 1.81. The van der Waals surface area contributed by atoms with E-state index in [-0.39, 0.29) is 6.04 Å². The Morgan fingerprint density at radius 3 is 2.74 bits per heavy atom. The quantitative estimate of drug-likeness (QED) is 0.603. The Labute approximate surface area is 114 Å². The molecule has 0 heterocycles. The summed E-state index contributed by atoms with van der Waals surface area (Å²) < 4.78 is 10.2. The van der Waals surface area contributed by atoms with Gasteiger partial charge in [0.05, 0.1) is 20.3 Å². The van der Waals surface area contributed by atoms with Crippen LogP contribution >= 0.6 is 0 Å². The molecule has 0 spiro atoms. The van der Waals surface area contributed by atoms with Gasteiger partial charge in [-0.3, -0.25) is 0 Å². The van der Waals surface area contributed by atoms with Crippen molar-refractivity contribution in [3.63, 3.8) is 0 Å². The van der Waals surface area contributed by atoms with E-state index in [0.29, 0.717) is 19.1 Å². The summed E-state index contributed by atoms with van der Waals surface area (Å²) in [6.07, 6.45) is 0. The van der Waals surface area contributed by atoms with Crippen LogP contribution in [0.15, 0.2) is 23.2 Å². The number of aryl methyl sites for hydroxylation is 1. The molecule has 106 valence electrons.